The van der Waals surface area contributed by atoms with Gasteiger partial charge in [-0.05, 0) is 19.4 Å². The number of rotatable bonds is 3. The molecule has 0 radical (unpaired) electrons. The van der Waals surface area contributed by atoms with Crippen LogP contribution in [0.2, 0.25) is 0 Å². The summed E-state index contributed by atoms with van der Waals surface area (Å²) in [6, 6.07) is 9.44. The topological polar surface area (TPSA) is 17.8 Å². The number of aromatic nitrogens is 2. The van der Waals surface area contributed by atoms with Crippen molar-refractivity contribution in [2.45, 2.75) is 31.9 Å². The SMILES string of the molecule is Cc1nn(Cc2ccccc2)c(C)c1C(Cl)C(F)(F)F. The molecular weight excluding hydrogens is 289 g/mol. The first-order chi connectivity index (χ1) is 9.30. The maximum Gasteiger partial charge on any atom is 0.409 e. The Morgan fingerprint density at radius 1 is 1.20 bits per heavy atom. The predicted octanol–water partition coefficient (Wildman–Crippen LogP) is 4.39. The summed E-state index contributed by atoms with van der Waals surface area (Å²) in [5.41, 5.74) is 1.79. The summed E-state index contributed by atoms with van der Waals surface area (Å²) in [5, 5.41) is 2.15. The van der Waals surface area contributed by atoms with Crippen molar-refractivity contribution < 1.29 is 13.2 Å². The zero-order valence-electron chi connectivity index (χ0n) is 11.1. The van der Waals surface area contributed by atoms with Crippen LogP contribution in [0.5, 0.6) is 0 Å². The summed E-state index contributed by atoms with van der Waals surface area (Å²) in [6.45, 7) is 3.58. The van der Waals surface area contributed by atoms with Gasteiger partial charge in [-0.2, -0.15) is 18.3 Å². The van der Waals surface area contributed by atoms with Crippen LogP contribution in [0.3, 0.4) is 0 Å². The van der Waals surface area contributed by atoms with Crippen LogP contribution in [-0.2, 0) is 6.54 Å². The zero-order chi connectivity index (χ0) is 14.9. The molecule has 0 N–H and O–H groups in total. The highest BCUT2D eigenvalue weighted by atomic mass is 35.5. The number of alkyl halides is 4. The highest BCUT2D eigenvalue weighted by molar-refractivity contribution is 6.21. The third-order valence-corrected chi connectivity index (χ3v) is 3.62. The molecular formula is C14H14ClF3N2. The van der Waals surface area contributed by atoms with Crippen LogP contribution in [0.4, 0.5) is 13.2 Å². The molecule has 108 valence electrons. The quantitative estimate of drug-likeness (QED) is 0.769. The highest BCUT2D eigenvalue weighted by Gasteiger charge is 2.42. The van der Waals surface area contributed by atoms with Crippen LogP contribution < -0.4 is 0 Å². The molecule has 1 aromatic heterocycles. The predicted molar refractivity (Wildman–Crippen MR) is 71.9 cm³/mol. The van der Waals surface area contributed by atoms with Crippen molar-refractivity contribution in [3.05, 3.63) is 52.8 Å². The lowest BCUT2D eigenvalue weighted by atomic mass is 10.1. The molecule has 0 spiro atoms. The van der Waals surface area contributed by atoms with Crippen LogP contribution in [0.1, 0.15) is 27.9 Å². The van der Waals surface area contributed by atoms with Crippen molar-refractivity contribution in [2.75, 3.05) is 0 Å². The van der Waals surface area contributed by atoms with Gasteiger partial charge in [-0.3, -0.25) is 4.68 Å². The lowest BCUT2D eigenvalue weighted by Gasteiger charge is -2.14. The molecule has 0 bridgehead atoms. The maximum atomic E-state index is 12.8. The summed E-state index contributed by atoms with van der Waals surface area (Å²) in [4.78, 5) is 0. The molecule has 2 aromatic rings. The molecule has 0 aliphatic carbocycles. The molecule has 1 atom stereocenters. The third-order valence-electron chi connectivity index (χ3n) is 3.15. The van der Waals surface area contributed by atoms with Gasteiger partial charge in [0.25, 0.3) is 0 Å². The Morgan fingerprint density at radius 3 is 2.35 bits per heavy atom. The van der Waals surface area contributed by atoms with E-state index in [0.717, 1.165) is 5.56 Å². The first-order valence-electron chi connectivity index (χ1n) is 6.09. The lowest BCUT2D eigenvalue weighted by Crippen LogP contribution is -2.17. The van der Waals surface area contributed by atoms with Crippen molar-refractivity contribution in [3.63, 3.8) is 0 Å². The van der Waals surface area contributed by atoms with E-state index in [0.29, 0.717) is 17.9 Å². The Morgan fingerprint density at radius 2 is 1.80 bits per heavy atom. The van der Waals surface area contributed by atoms with E-state index in [9.17, 15) is 13.2 Å². The van der Waals surface area contributed by atoms with E-state index >= 15 is 0 Å². The number of halogens is 4. The number of benzene rings is 1. The van der Waals surface area contributed by atoms with Crippen LogP contribution >= 0.6 is 11.6 Å². The van der Waals surface area contributed by atoms with Crippen LogP contribution in [0.15, 0.2) is 30.3 Å². The minimum Gasteiger partial charge on any atom is -0.265 e. The van der Waals surface area contributed by atoms with Gasteiger partial charge in [0.05, 0.1) is 12.2 Å². The Labute approximate surface area is 120 Å². The molecule has 1 unspecified atom stereocenters. The lowest BCUT2D eigenvalue weighted by molar-refractivity contribution is -0.131. The van der Waals surface area contributed by atoms with E-state index in [2.05, 4.69) is 5.10 Å². The molecule has 0 fully saturated rings. The Bertz CT molecular complexity index is 590. The molecule has 1 heterocycles. The second-order valence-electron chi connectivity index (χ2n) is 4.63. The Kier molecular flexibility index (Phi) is 4.09. The van der Waals surface area contributed by atoms with Gasteiger partial charge in [-0.25, -0.2) is 0 Å². The average Bonchev–Trinajstić information content (AvgIpc) is 2.64. The molecule has 2 nitrogen and oxygen atoms in total. The van der Waals surface area contributed by atoms with E-state index in [1.807, 2.05) is 30.3 Å². The van der Waals surface area contributed by atoms with E-state index in [1.54, 1.807) is 18.5 Å². The fourth-order valence-corrected chi connectivity index (χ4v) is 2.47. The molecule has 0 amide bonds. The van der Waals surface area contributed by atoms with Gasteiger partial charge in [-0.15, -0.1) is 11.6 Å². The zero-order valence-corrected chi connectivity index (χ0v) is 11.8. The van der Waals surface area contributed by atoms with E-state index in [-0.39, 0.29) is 5.56 Å². The fourth-order valence-electron chi connectivity index (χ4n) is 2.15. The van der Waals surface area contributed by atoms with Crippen molar-refractivity contribution in [2.24, 2.45) is 0 Å². The Hall–Kier alpha value is -1.49. The van der Waals surface area contributed by atoms with Crippen LogP contribution in [0.25, 0.3) is 0 Å². The van der Waals surface area contributed by atoms with Gasteiger partial charge in [0.1, 0.15) is 0 Å². The summed E-state index contributed by atoms with van der Waals surface area (Å²) in [7, 11) is 0. The average molecular weight is 303 g/mol. The molecule has 2 rings (SSSR count). The second kappa shape index (κ2) is 5.48. The minimum absolute atomic E-state index is 0.0510. The molecule has 6 heteroatoms. The highest BCUT2D eigenvalue weighted by Crippen LogP contribution is 2.40. The number of hydrogen-bond acceptors (Lipinski definition) is 1. The van der Waals surface area contributed by atoms with Gasteiger partial charge < -0.3 is 0 Å². The molecule has 0 aliphatic heterocycles. The summed E-state index contributed by atoms with van der Waals surface area (Å²) < 4.78 is 39.8. The van der Waals surface area contributed by atoms with Gasteiger partial charge in [0.15, 0.2) is 5.38 Å². The molecule has 20 heavy (non-hydrogen) atoms. The number of nitrogens with zero attached hydrogens (tertiary/aromatic N) is 2. The first-order valence-corrected chi connectivity index (χ1v) is 6.53. The molecule has 0 saturated heterocycles. The number of aryl methyl sites for hydroxylation is 1. The van der Waals surface area contributed by atoms with E-state index < -0.39 is 11.6 Å². The van der Waals surface area contributed by atoms with Gasteiger partial charge in [0, 0.05) is 11.3 Å². The van der Waals surface area contributed by atoms with E-state index in [4.69, 9.17) is 11.6 Å². The van der Waals surface area contributed by atoms with Crippen molar-refractivity contribution >= 4 is 11.6 Å². The van der Waals surface area contributed by atoms with Gasteiger partial charge in [0.2, 0.25) is 0 Å². The summed E-state index contributed by atoms with van der Waals surface area (Å²) in [6.07, 6.45) is -4.47. The van der Waals surface area contributed by atoms with Gasteiger partial charge in [-0.1, -0.05) is 30.3 Å². The normalized spacial score (nSPS) is 13.5. The third kappa shape index (κ3) is 2.98. The largest absolute Gasteiger partial charge is 0.409 e. The molecule has 1 aromatic carbocycles. The first kappa shape index (κ1) is 14.9. The van der Waals surface area contributed by atoms with Crippen molar-refractivity contribution in [1.29, 1.82) is 0 Å². The Balaban J connectivity index is 2.34. The van der Waals surface area contributed by atoms with Crippen molar-refractivity contribution in [3.8, 4) is 0 Å². The smallest absolute Gasteiger partial charge is 0.265 e. The van der Waals surface area contributed by atoms with Crippen LogP contribution in [0, 0.1) is 13.8 Å². The summed E-state index contributed by atoms with van der Waals surface area (Å²) >= 11 is 5.53. The standard InChI is InChI=1S/C14H14ClF3N2/c1-9-12(13(15)14(16,17)18)10(2)20(19-9)8-11-6-4-3-5-7-11/h3-7,13H,8H2,1-2H3. The number of hydrogen-bond donors (Lipinski definition) is 0. The van der Waals surface area contributed by atoms with Gasteiger partial charge >= 0.3 is 6.18 Å². The summed E-state index contributed by atoms with van der Waals surface area (Å²) in [5.74, 6) is 0. The monoisotopic (exact) mass is 302 g/mol. The fraction of sp³-hybridized carbons (Fsp3) is 0.357. The molecule has 0 aliphatic rings. The van der Waals surface area contributed by atoms with Crippen LogP contribution in [-0.4, -0.2) is 16.0 Å². The second-order valence-corrected chi connectivity index (χ2v) is 5.07. The maximum absolute atomic E-state index is 12.8. The van der Waals surface area contributed by atoms with E-state index in [1.165, 1.54) is 0 Å². The molecule has 0 saturated carbocycles. The van der Waals surface area contributed by atoms with Crippen molar-refractivity contribution in [1.82, 2.24) is 9.78 Å². The minimum atomic E-state index is -4.47.